The van der Waals surface area contributed by atoms with Crippen molar-refractivity contribution in [2.24, 2.45) is 15.3 Å². The molecule has 0 saturated heterocycles. The number of nitrogens with zero attached hydrogens (tertiary/aromatic N) is 6. The molecule has 0 fully saturated rings. The summed E-state index contributed by atoms with van der Waals surface area (Å²) < 4.78 is 3.46. The first-order valence-corrected chi connectivity index (χ1v) is 17.5. The van der Waals surface area contributed by atoms with E-state index in [1.165, 1.54) is 11.3 Å². The highest BCUT2D eigenvalue weighted by molar-refractivity contribution is 7.07. The Morgan fingerprint density at radius 1 is 0.792 bits per heavy atom. The molecule has 53 heavy (non-hydrogen) atoms. The molecule has 13 nitrogen and oxygen atoms in total. The molecule has 0 spiro atoms. The van der Waals surface area contributed by atoms with E-state index in [0.717, 1.165) is 39.7 Å². The molecule has 0 saturated carbocycles. The summed E-state index contributed by atoms with van der Waals surface area (Å²) in [7, 11) is 0. The number of carbonyl (C=O) groups is 1. The number of hydrogen-bond acceptors (Lipinski definition) is 11. The number of aliphatic hydroxyl groups excluding tert-OH is 5. The van der Waals surface area contributed by atoms with Crippen LogP contribution in [0.3, 0.4) is 0 Å². The average Bonchev–Trinajstić information content (AvgIpc) is 3.82. The van der Waals surface area contributed by atoms with Crippen LogP contribution in [0.2, 0.25) is 0 Å². The number of hydrazone groups is 1. The van der Waals surface area contributed by atoms with E-state index in [4.69, 9.17) is 10.2 Å². The first-order valence-electron chi connectivity index (χ1n) is 16.6. The minimum Gasteiger partial charge on any atom is -0.394 e. The number of rotatable bonds is 14. The van der Waals surface area contributed by atoms with Gasteiger partial charge in [-0.25, -0.2) is 10.1 Å². The number of para-hydroxylation sites is 1. The van der Waals surface area contributed by atoms with E-state index in [-0.39, 0.29) is 6.54 Å². The second-order valence-corrected chi connectivity index (χ2v) is 12.7. The predicted octanol–water partition coefficient (Wildman–Crippen LogP) is 3.21. The minimum atomic E-state index is -1.86. The first kappa shape index (κ1) is 36.9. The van der Waals surface area contributed by atoms with Gasteiger partial charge in [-0.3, -0.25) is 4.79 Å². The van der Waals surface area contributed by atoms with Gasteiger partial charge in [0.15, 0.2) is 0 Å². The maximum absolute atomic E-state index is 13.0. The zero-order valence-electron chi connectivity index (χ0n) is 28.2. The fourth-order valence-electron chi connectivity index (χ4n) is 5.40. The van der Waals surface area contributed by atoms with Gasteiger partial charge in [0.1, 0.15) is 36.7 Å². The van der Waals surface area contributed by atoms with E-state index in [0.29, 0.717) is 16.2 Å². The van der Waals surface area contributed by atoms with E-state index >= 15 is 0 Å². The van der Waals surface area contributed by atoms with Crippen molar-refractivity contribution in [2.45, 2.75) is 31.0 Å². The molecule has 0 aliphatic rings. The molecule has 4 atom stereocenters. The number of nitrogens with one attached hydrogen (secondary N) is 1. The van der Waals surface area contributed by atoms with Crippen LogP contribution in [0.25, 0.3) is 39.3 Å². The van der Waals surface area contributed by atoms with Gasteiger partial charge in [0, 0.05) is 22.7 Å². The second-order valence-electron chi connectivity index (χ2n) is 11.9. The van der Waals surface area contributed by atoms with E-state index in [2.05, 4.69) is 45.0 Å². The van der Waals surface area contributed by atoms with Gasteiger partial charge < -0.3 is 30.1 Å². The normalized spacial score (nSPS) is 14.4. The molecule has 2 aromatic heterocycles. The summed E-state index contributed by atoms with van der Waals surface area (Å²) in [5, 5.41) is 67.8. The number of hydrogen-bond donors (Lipinski definition) is 6. The third kappa shape index (κ3) is 9.14. The monoisotopic (exact) mass is 731 g/mol. The van der Waals surface area contributed by atoms with Gasteiger partial charge in [-0.05, 0) is 28.8 Å². The van der Waals surface area contributed by atoms with E-state index in [1.807, 2.05) is 103 Å². The topological polar surface area (TPSA) is 190 Å². The fraction of sp³-hybridized carbons (Fsp3) is 0.154. The SMILES string of the molecule is O=C(Cn1c(-c2ccccc2)cs/c1=N\N=C\c1cn(-c2ccccc2)nc1-c1ccc(-c2ccccc2)cc1)N/N=C/[C@H](O)[C@@H](O)[C@@H](O)[C@H](O)CO. The largest absolute Gasteiger partial charge is 0.394 e. The summed E-state index contributed by atoms with van der Waals surface area (Å²) in [6.07, 6.45) is -2.78. The van der Waals surface area contributed by atoms with Crippen LogP contribution >= 0.6 is 11.3 Å². The molecular formula is C39H37N7O6S. The maximum atomic E-state index is 13.0. The summed E-state index contributed by atoms with van der Waals surface area (Å²) >= 11 is 1.29. The highest BCUT2D eigenvalue weighted by atomic mass is 32.1. The number of thiazole rings is 1. The lowest BCUT2D eigenvalue weighted by Crippen LogP contribution is -2.46. The minimum absolute atomic E-state index is 0.227. The van der Waals surface area contributed by atoms with Crippen LogP contribution in [-0.2, 0) is 11.3 Å². The zero-order chi connectivity index (χ0) is 37.2. The number of amides is 1. The Kier molecular flexibility index (Phi) is 12.2. The molecule has 0 aliphatic heterocycles. The Labute approximate surface area is 308 Å². The second kappa shape index (κ2) is 17.6. The fourth-order valence-corrected chi connectivity index (χ4v) is 6.27. The molecule has 0 radical (unpaired) electrons. The zero-order valence-corrected chi connectivity index (χ0v) is 29.1. The number of aromatic nitrogens is 3. The Bertz CT molecular complexity index is 2220. The van der Waals surface area contributed by atoms with Gasteiger partial charge in [-0.1, -0.05) is 103 Å². The van der Waals surface area contributed by atoms with Gasteiger partial charge in [0.2, 0.25) is 4.80 Å². The summed E-state index contributed by atoms with van der Waals surface area (Å²) in [4.78, 5) is 13.5. The Morgan fingerprint density at radius 3 is 2.06 bits per heavy atom. The van der Waals surface area contributed by atoms with Gasteiger partial charge in [-0.2, -0.15) is 15.3 Å². The number of aliphatic hydroxyl groups is 5. The maximum Gasteiger partial charge on any atom is 0.260 e. The van der Waals surface area contributed by atoms with Gasteiger partial charge in [-0.15, -0.1) is 16.4 Å². The van der Waals surface area contributed by atoms with Crippen molar-refractivity contribution in [3.63, 3.8) is 0 Å². The Balaban J connectivity index is 1.28. The van der Waals surface area contributed by atoms with Crippen LogP contribution in [0.15, 0.2) is 142 Å². The molecule has 270 valence electrons. The van der Waals surface area contributed by atoms with Crippen LogP contribution < -0.4 is 10.2 Å². The van der Waals surface area contributed by atoms with Gasteiger partial charge in [0.05, 0.1) is 30.4 Å². The third-order valence-corrected chi connectivity index (χ3v) is 9.09. The molecule has 4 aromatic carbocycles. The van der Waals surface area contributed by atoms with E-state index in [9.17, 15) is 25.2 Å². The lowest BCUT2D eigenvalue weighted by molar-refractivity contribution is -0.121. The van der Waals surface area contributed by atoms with Crippen molar-refractivity contribution in [2.75, 3.05) is 6.61 Å². The summed E-state index contributed by atoms with van der Waals surface area (Å²) in [6.45, 7) is -1.05. The number of benzene rings is 4. The van der Waals surface area contributed by atoms with Crippen LogP contribution in [-0.4, -0.2) is 89.2 Å². The molecule has 6 rings (SSSR count). The van der Waals surface area contributed by atoms with Gasteiger partial charge in [0.25, 0.3) is 5.91 Å². The van der Waals surface area contributed by atoms with Crippen molar-refractivity contribution < 1.29 is 30.3 Å². The molecule has 6 N–H and O–H groups in total. The van der Waals surface area contributed by atoms with Crippen LogP contribution in [0.5, 0.6) is 0 Å². The van der Waals surface area contributed by atoms with Crippen molar-refractivity contribution in [3.05, 3.63) is 137 Å². The van der Waals surface area contributed by atoms with Crippen molar-refractivity contribution in [3.8, 4) is 39.3 Å². The van der Waals surface area contributed by atoms with E-state index in [1.54, 1.807) is 15.5 Å². The van der Waals surface area contributed by atoms with Crippen LogP contribution in [0.1, 0.15) is 5.56 Å². The Hall–Kier alpha value is -5.87. The third-order valence-electron chi connectivity index (χ3n) is 8.24. The van der Waals surface area contributed by atoms with Crippen LogP contribution in [0.4, 0.5) is 0 Å². The summed E-state index contributed by atoms with van der Waals surface area (Å²) in [5.41, 5.74) is 9.24. The molecule has 2 heterocycles. The molecule has 6 aromatic rings. The predicted molar refractivity (Wildman–Crippen MR) is 203 cm³/mol. The molecular weight excluding hydrogens is 695 g/mol. The van der Waals surface area contributed by atoms with Crippen molar-refractivity contribution in [1.29, 1.82) is 0 Å². The molecule has 0 unspecified atom stereocenters. The molecule has 0 bridgehead atoms. The average molecular weight is 732 g/mol. The van der Waals surface area contributed by atoms with Crippen molar-refractivity contribution >= 4 is 29.7 Å². The van der Waals surface area contributed by atoms with Crippen molar-refractivity contribution in [1.82, 2.24) is 19.8 Å². The quantitative estimate of drug-likeness (QED) is 0.0733. The highest BCUT2D eigenvalue weighted by Gasteiger charge is 2.29. The first-order chi connectivity index (χ1) is 25.8. The number of carbonyl (C=O) groups excluding carboxylic acids is 1. The standard InChI is InChI=1S/C39H37N7O6S/c47-24-34(49)38(52)37(51)33(48)21-41-42-35(50)23-45-32(28-12-6-2-7-13-28)25-53-39(45)43-40-20-30-22-46(31-14-8-3-9-15-31)44-36(30)29-18-16-27(17-19-29)26-10-4-1-5-11-26/h1-22,25,33-34,37-38,47-49,51-52H,23-24H2,(H,42,50)/b40-20+,41-21+,43-39-/t33-,34+,37+,38-/m0/s1. The summed E-state index contributed by atoms with van der Waals surface area (Å²) in [6, 6.07) is 37.5. The highest BCUT2D eigenvalue weighted by Crippen LogP contribution is 2.27. The smallest absolute Gasteiger partial charge is 0.260 e. The molecule has 0 aliphatic carbocycles. The molecule has 14 heteroatoms. The lowest BCUT2D eigenvalue weighted by Gasteiger charge is -2.23. The lowest BCUT2D eigenvalue weighted by atomic mass is 10.0. The van der Waals surface area contributed by atoms with Gasteiger partial charge >= 0.3 is 0 Å². The van der Waals surface area contributed by atoms with E-state index < -0.39 is 36.9 Å². The summed E-state index contributed by atoms with van der Waals surface area (Å²) in [5.74, 6) is -0.578. The molecule has 1 amide bonds. The van der Waals surface area contributed by atoms with Crippen LogP contribution in [0, 0.1) is 0 Å². The Morgan fingerprint density at radius 2 is 1.40 bits per heavy atom.